The molecule has 0 spiro atoms. The molecule has 0 saturated heterocycles. The van der Waals surface area contributed by atoms with Crippen molar-refractivity contribution in [2.75, 3.05) is 13.2 Å². The van der Waals surface area contributed by atoms with Gasteiger partial charge >= 0.3 is 0 Å². The fourth-order valence-electron chi connectivity index (χ4n) is 2.12. The highest BCUT2D eigenvalue weighted by Gasteiger charge is 2.45. The molecule has 1 amide bonds. The van der Waals surface area contributed by atoms with Gasteiger partial charge in [-0.15, -0.1) is 0 Å². The predicted octanol–water partition coefficient (Wildman–Crippen LogP) is 1.81. The maximum atomic E-state index is 12.0. The Bertz CT molecular complexity index is 537. The number of hydrogen-bond acceptors (Lipinski definition) is 2. The molecule has 1 aliphatic rings. The molecule has 3 nitrogen and oxygen atoms in total. The quantitative estimate of drug-likeness (QED) is 0.811. The normalized spacial score (nSPS) is 19.2. The number of rotatable bonds is 3. The van der Waals surface area contributed by atoms with E-state index in [-0.39, 0.29) is 12.5 Å². The van der Waals surface area contributed by atoms with Gasteiger partial charge in [-0.3, -0.25) is 4.79 Å². The molecule has 3 heteroatoms. The van der Waals surface area contributed by atoms with Crippen molar-refractivity contribution in [2.45, 2.75) is 20.3 Å². The van der Waals surface area contributed by atoms with Crippen LogP contribution in [-0.2, 0) is 0 Å². The van der Waals surface area contributed by atoms with Crippen molar-refractivity contribution < 1.29 is 9.90 Å². The molecule has 1 aromatic carbocycles. The van der Waals surface area contributed by atoms with E-state index in [0.717, 1.165) is 12.1 Å². The molecule has 1 aromatic rings. The largest absolute Gasteiger partial charge is 0.384 e. The van der Waals surface area contributed by atoms with Gasteiger partial charge in [-0.05, 0) is 36.0 Å². The number of amides is 1. The van der Waals surface area contributed by atoms with Crippen molar-refractivity contribution in [3.63, 3.8) is 0 Å². The van der Waals surface area contributed by atoms with Gasteiger partial charge in [0.15, 0.2) is 0 Å². The summed E-state index contributed by atoms with van der Waals surface area (Å²) in [6.45, 7) is 5.00. The molecule has 100 valence electrons. The highest BCUT2D eigenvalue weighted by molar-refractivity contribution is 5.94. The van der Waals surface area contributed by atoms with Gasteiger partial charge in [0.1, 0.15) is 6.61 Å². The third kappa shape index (κ3) is 3.59. The average Bonchev–Trinajstić information content (AvgIpc) is 3.01. The Morgan fingerprint density at radius 3 is 2.89 bits per heavy atom. The lowest BCUT2D eigenvalue weighted by molar-refractivity contribution is 0.0950. The number of carbonyl (C=O) groups is 1. The fraction of sp³-hybridized carbons (Fsp3) is 0.438. The molecule has 1 fully saturated rings. The van der Waals surface area contributed by atoms with Crippen LogP contribution >= 0.6 is 0 Å². The van der Waals surface area contributed by atoms with E-state index in [9.17, 15) is 4.79 Å². The first-order valence-corrected chi connectivity index (χ1v) is 6.51. The van der Waals surface area contributed by atoms with Gasteiger partial charge in [-0.1, -0.05) is 31.8 Å². The molecule has 0 bridgehead atoms. The van der Waals surface area contributed by atoms with Crippen molar-refractivity contribution in [2.24, 2.45) is 11.3 Å². The standard InChI is InChI=1S/C16H19NO2/c1-16(2)10-14(16)11-17-15(19)13-7-3-5-12(9-13)6-4-8-18/h3,5,7,9,14,18H,8,10-11H2,1-2H3,(H,17,19). The van der Waals surface area contributed by atoms with Crippen molar-refractivity contribution >= 4 is 5.91 Å². The van der Waals surface area contributed by atoms with E-state index in [1.165, 1.54) is 6.42 Å². The minimum atomic E-state index is -0.173. The molecular weight excluding hydrogens is 238 g/mol. The summed E-state index contributed by atoms with van der Waals surface area (Å²) >= 11 is 0. The molecule has 0 aliphatic heterocycles. The van der Waals surface area contributed by atoms with Crippen LogP contribution in [0.15, 0.2) is 24.3 Å². The lowest BCUT2D eigenvalue weighted by atomic mass is 10.1. The SMILES string of the molecule is CC1(C)CC1CNC(=O)c1cccc(C#CCO)c1. The summed E-state index contributed by atoms with van der Waals surface area (Å²) in [4.78, 5) is 12.0. The molecule has 1 unspecified atom stereocenters. The van der Waals surface area contributed by atoms with Crippen LogP contribution in [0.4, 0.5) is 0 Å². The summed E-state index contributed by atoms with van der Waals surface area (Å²) in [5.41, 5.74) is 1.73. The Morgan fingerprint density at radius 2 is 2.26 bits per heavy atom. The number of aliphatic hydroxyl groups is 1. The second-order valence-electron chi connectivity index (χ2n) is 5.64. The van der Waals surface area contributed by atoms with E-state index >= 15 is 0 Å². The van der Waals surface area contributed by atoms with E-state index in [4.69, 9.17) is 5.11 Å². The molecule has 2 rings (SSSR count). The zero-order valence-electron chi connectivity index (χ0n) is 11.4. The molecule has 19 heavy (non-hydrogen) atoms. The molecule has 0 aromatic heterocycles. The van der Waals surface area contributed by atoms with Crippen molar-refractivity contribution in [1.82, 2.24) is 5.32 Å². The highest BCUT2D eigenvalue weighted by Crippen LogP contribution is 2.50. The van der Waals surface area contributed by atoms with Gasteiger partial charge in [0, 0.05) is 17.7 Å². The first-order valence-electron chi connectivity index (χ1n) is 6.51. The monoisotopic (exact) mass is 257 g/mol. The van der Waals surface area contributed by atoms with Crippen LogP contribution in [0.25, 0.3) is 0 Å². The number of aliphatic hydroxyl groups excluding tert-OH is 1. The summed E-state index contributed by atoms with van der Waals surface area (Å²) in [5.74, 6) is 5.91. The van der Waals surface area contributed by atoms with Crippen LogP contribution in [0.3, 0.4) is 0 Å². The van der Waals surface area contributed by atoms with Crippen LogP contribution in [0.2, 0.25) is 0 Å². The zero-order chi connectivity index (χ0) is 13.9. The van der Waals surface area contributed by atoms with Crippen molar-refractivity contribution in [3.8, 4) is 11.8 Å². The number of carbonyl (C=O) groups excluding carboxylic acids is 1. The average molecular weight is 257 g/mol. The van der Waals surface area contributed by atoms with E-state index in [2.05, 4.69) is 31.0 Å². The van der Waals surface area contributed by atoms with Crippen LogP contribution in [0.5, 0.6) is 0 Å². The minimum Gasteiger partial charge on any atom is -0.384 e. The third-order valence-corrected chi connectivity index (χ3v) is 3.66. The summed E-state index contributed by atoms with van der Waals surface area (Å²) in [6.07, 6.45) is 1.18. The fourth-order valence-corrected chi connectivity index (χ4v) is 2.12. The Morgan fingerprint density at radius 1 is 1.53 bits per heavy atom. The Hall–Kier alpha value is -1.79. The summed E-state index contributed by atoms with van der Waals surface area (Å²) in [7, 11) is 0. The molecular formula is C16H19NO2. The van der Waals surface area contributed by atoms with Crippen LogP contribution < -0.4 is 5.32 Å². The number of hydrogen-bond donors (Lipinski definition) is 2. The smallest absolute Gasteiger partial charge is 0.251 e. The van der Waals surface area contributed by atoms with Gasteiger partial charge in [0.05, 0.1) is 0 Å². The topological polar surface area (TPSA) is 49.3 Å². The van der Waals surface area contributed by atoms with Gasteiger partial charge in [0.2, 0.25) is 0 Å². The van der Waals surface area contributed by atoms with Gasteiger partial charge in [-0.2, -0.15) is 0 Å². The third-order valence-electron chi connectivity index (χ3n) is 3.66. The van der Waals surface area contributed by atoms with Crippen LogP contribution in [-0.4, -0.2) is 24.2 Å². The number of benzene rings is 1. The Kier molecular flexibility index (Phi) is 3.92. The lowest BCUT2D eigenvalue weighted by Gasteiger charge is -2.06. The summed E-state index contributed by atoms with van der Waals surface area (Å²) < 4.78 is 0. The molecule has 0 radical (unpaired) electrons. The molecule has 1 atom stereocenters. The maximum absolute atomic E-state index is 12.0. The lowest BCUT2D eigenvalue weighted by Crippen LogP contribution is -2.26. The van der Waals surface area contributed by atoms with Crippen LogP contribution in [0, 0.1) is 23.2 Å². The van der Waals surface area contributed by atoms with Gasteiger partial charge in [-0.25, -0.2) is 0 Å². The molecule has 2 N–H and O–H groups in total. The zero-order valence-corrected chi connectivity index (χ0v) is 11.4. The Balaban J connectivity index is 1.95. The van der Waals surface area contributed by atoms with E-state index < -0.39 is 0 Å². The summed E-state index contributed by atoms with van der Waals surface area (Å²) in [5, 5.41) is 11.6. The highest BCUT2D eigenvalue weighted by atomic mass is 16.2. The van der Waals surface area contributed by atoms with E-state index in [0.29, 0.717) is 16.9 Å². The molecule has 0 heterocycles. The van der Waals surface area contributed by atoms with Gasteiger partial charge in [0.25, 0.3) is 5.91 Å². The van der Waals surface area contributed by atoms with E-state index in [1.54, 1.807) is 18.2 Å². The van der Waals surface area contributed by atoms with E-state index in [1.807, 2.05) is 6.07 Å². The van der Waals surface area contributed by atoms with Crippen molar-refractivity contribution in [1.29, 1.82) is 0 Å². The first kappa shape index (κ1) is 13.6. The molecule has 1 saturated carbocycles. The van der Waals surface area contributed by atoms with Gasteiger partial charge < -0.3 is 10.4 Å². The van der Waals surface area contributed by atoms with Crippen molar-refractivity contribution in [3.05, 3.63) is 35.4 Å². The maximum Gasteiger partial charge on any atom is 0.251 e. The minimum absolute atomic E-state index is 0.0599. The second kappa shape index (κ2) is 5.46. The predicted molar refractivity (Wildman–Crippen MR) is 74.6 cm³/mol. The Labute approximate surface area is 114 Å². The first-order chi connectivity index (χ1) is 9.03. The molecule has 1 aliphatic carbocycles. The second-order valence-corrected chi connectivity index (χ2v) is 5.64. The number of nitrogens with one attached hydrogen (secondary N) is 1. The van der Waals surface area contributed by atoms with Crippen LogP contribution in [0.1, 0.15) is 36.2 Å². The summed E-state index contributed by atoms with van der Waals surface area (Å²) in [6, 6.07) is 7.15.